The third-order valence-electron chi connectivity index (χ3n) is 3.34. The minimum absolute atomic E-state index is 0.125. The summed E-state index contributed by atoms with van der Waals surface area (Å²) in [6.45, 7) is 0. The van der Waals surface area contributed by atoms with Gasteiger partial charge in [0.15, 0.2) is 0 Å². The lowest BCUT2D eigenvalue weighted by Gasteiger charge is -2.33. The molecule has 0 saturated carbocycles. The molecule has 0 atom stereocenters. The molecule has 0 bridgehead atoms. The molecule has 10 heteroatoms. The van der Waals surface area contributed by atoms with Crippen molar-refractivity contribution in [1.29, 1.82) is 0 Å². The van der Waals surface area contributed by atoms with Gasteiger partial charge >= 0.3 is 24.1 Å². The molecule has 0 aliphatic carbocycles. The van der Waals surface area contributed by atoms with E-state index in [2.05, 4.69) is 48.5 Å². The average molecular weight is 403 g/mol. The first-order valence-corrected chi connectivity index (χ1v) is 7.27. The van der Waals surface area contributed by atoms with Crippen LogP contribution in [0, 0.1) is 0 Å². The van der Waals surface area contributed by atoms with E-state index in [1.807, 2.05) is 12.1 Å². The minimum Gasteiger partial charge on any atom is -0.256 e. The molecule has 0 radical (unpaired) electrons. The Hall–Kier alpha value is -2.23. The lowest BCUT2D eigenvalue weighted by Crippen LogP contribution is -2.64. The largest absolute Gasteiger partial charge is 0.460 e. The van der Waals surface area contributed by atoms with Crippen LogP contribution in [0.3, 0.4) is 0 Å². The first-order valence-electron chi connectivity index (χ1n) is 7.27. The Balaban J connectivity index is 0.000000274. The molecule has 0 aliphatic rings. The van der Waals surface area contributed by atoms with Gasteiger partial charge in [0, 0.05) is 0 Å². The Morgan fingerprint density at radius 2 is 0.889 bits per heavy atom. The van der Waals surface area contributed by atoms with Crippen molar-refractivity contribution in [2.75, 3.05) is 7.05 Å². The molecule has 2 aromatic carbocycles. The maximum atomic E-state index is 12.2. The molecule has 0 heterocycles. The smallest absolute Gasteiger partial charge is 0.256 e. The summed E-state index contributed by atoms with van der Waals surface area (Å²) < 4.78 is 107. The fraction of sp³-hybridized carbons (Fsp3) is 0.294. The fourth-order valence-corrected chi connectivity index (χ4v) is 1.79. The van der Waals surface area contributed by atoms with E-state index in [1.165, 1.54) is 11.1 Å². The van der Waals surface area contributed by atoms with Gasteiger partial charge in [0.05, 0.1) is 0 Å². The van der Waals surface area contributed by atoms with Gasteiger partial charge in [-0.05, 0) is 18.2 Å². The highest BCUT2D eigenvalue weighted by Gasteiger charge is 2.81. The molecule has 0 fully saturated rings. The maximum Gasteiger partial charge on any atom is 0.460 e. The van der Waals surface area contributed by atoms with Crippen molar-refractivity contribution >= 4 is 0 Å². The van der Waals surface area contributed by atoms with E-state index in [0.29, 0.717) is 5.32 Å². The number of benzene rings is 2. The summed E-state index contributed by atoms with van der Waals surface area (Å²) in [6.07, 6.45) is -6.77. The van der Waals surface area contributed by atoms with Crippen molar-refractivity contribution in [2.24, 2.45) is 0 Å². The summed E-state index contributed by atoms with van der Waals surface area (Å²) >= 11 is 0. The molecule has 2 aromatic rings. The van der Waals surface area contributed by atoms with Crippen molar-refractivity contribution in [2.45, 2.75) is 24.1 Å². The van der Waals surface area contributed by atoms with Gasteiger partial charge in [0.2, 0.25) is 0 Å². The van der Waals surface area contributed by atoms with Gasteiger partial charge in [-0.2, -0.15) is 39.5 Å². The number of halogens is 9. The Kier molecular flexibility index (Phi) is 6.93. The predicted octanol–water partition coefficient (Wildman–Crippen LogP) is 5.99. The molecule has 0 spiro atoms. The highest BCUT2D eigenvalue weighted by Crippen LogP contribution is 2.51. The molecular formula is C17H14F9N. The zero-order valence-corrected chi connectivity index (χ0v) is 13.7. The minimum atomic E-state index is -6.83. The number of hydrogen-bond donors (Lipinski definition) is 1. The Labute approximate surface area is 148 Å². The monoisotopic (exact) mass is 403 g/mol. The molecule has 0 aromatic heterocycles. The molecular weight excluding hydrogens is 389 g/mol. The van der Waals surface area contributed by atoms with Crippen LogP contribution in [0.25, 0.3) is 11.1 Å². The highest BCUT2D eigenvalue weighted by atomic mass is 19.4. The second kappa shape index (κ2) is 8.20. The quantitative estimate of drug-likeness (QED) is 0.489. The van der Waals surface area contributed by atoms with Crippen LogP contribution >= 0.6 is 0 Å². The number of hydrogen-bond acceptors (Lipinski definition) is 1. The van der Waals surface area contributed by atoms with E-state index in [9.17, 15) is 39.5 Å². The Morgan fingerprint density at radius 1 is 0.556 bits per heavy atom. The lowest BCUT2D eigenvalue weighted by atomic mass is 10.1. The van der Waals surface area contributed by atoms with E-state index in [0.717, 1.165) is 0 Å². The summed E-state index contributed by atoms with van der Waals surface area (Å²) in [5.74, 6) is -13.4. The lowest BCUT2D eigenvalue weighted by molar-refractivity contribution is -0.400. The highest BCUT2D eigenvalue weighted by molar-refractivity contribution is 5.62. The van der Waals surface area contributed by atoms with Crippen molar-refractivity contribution in [3.05, 3.63) is 60.7 Å². The van der Waals surface area contributed by atoms with Gasteiger partial charge < -0.3 is 0 Å². The van der Waals surface area contributed by atoms with Gasteiger partial charge in [0.1, 0.15) is 0 Å². The normalized spacial score (nSPS) is 13.0. The van der Waals surface area contributed by atoms with E-state index in [1.54, 1.807) is 0 Å². The maximum absolute atomic E-state index is 12.2. The topological polar surface area (TPSA) is 12.0 Å². The molecule has 0 amide bonds. The number of nitrogens with one attached hydrogen (secondary N) is 1. The van der Waals surface area contributed by atoms with Crippen LogP contribution in [0.1, 0.15) is 0 Å². The van der Waals surface area contributed by atoms with Crippen molar-refractivity contribution in [3.8, 4) is 11.1 Å². The predicted molar refractivity (Wildman–Crippen MR) is 81.8 cm³/mol. The van der Waals surface area contributed by atoms with Crippen molar-refractivity contribution in [1.82, 2.24) is 5.32 Å². The SMILES string of the molecule is CNC(F)(F)C(F)(F)C(F)(F)C(F)(F)F.c1ccc(-c2ccccc2)cc1. The van der Waals surface area contributed by atoms with E-state index in [-0.39, 0.29) is 7.05 Å². The molecule has 0 saturated heterocycles. The number of alkyl halides is 9. The van der Waals surface area contributed by atoms with Gasteiger partial charge in [-0.3, -0.25) is 5.32 Å². The molecule has 1 nitrogen and oxygen atoms in total. The van der Waals surface area contributed by atoms with Crippen LogP contribution in [-0.2, 0) is 0 Å². The molecule has 150 valence electrons. The molecule has 2 rings (SSSR count). The van der Waals surface area contributed by atoms with Crippen LogP contribution in [0.2, 0.25) is 0 Å². The summed E-state index contributed by atoms with van der Waals surface area (Å²) in [7, 11) is 0.125. The van der Waals surface area contributed by atoms with Gasteiger partial charge in [0.25, 0.3) is 0 Å². The standard InChI is InChI=1S/C12H10.C5H4F9N/c1-3-7-11(8-4-1)12-9-5-2-6-10-12;1-15-5(13,14)3(8,9)2(6,7)4(10,11)12/h1-10H;15H,1H3. The third kappa shape index (κ3) is 4.94. The number of rotatable bonds is 4. The van der Waals surface area contributed by atoms with Crippen LogP contribution < -0.4 is 5.32 Å². The van der Waals surface area contributed by atoms with Crippen LogP contribution in [-0.4, -0.2) is 31.1 Å². The Bertz CT molecular complexity index is 660. The summed E-state index contributed by atoms with van der Waals surface area (Å²) in [6, 6.07) is 15.1. The van der Waals surface area contributed by atoms with Crippen molar-refractivity contribution < 1.29 is 39.5 Å². The van der Waals surface area contributed by atoms with E-state index >= 15 is 0 Å². The van der Waals surface area contributed by atoms with E-state index < -0.39 is 24.1 Å². The third-order valence-corrected chi connectivity index (χ3v) is 3.34. The zero-order valence-electron chi connectivity index (χ0n) is 13.7. The summed E-state index contributed by atoms with van der Waals surface area (Å²) in [5, 5.41) is 0.396. The van der Waals surface area contributed by atoms with E-state index in [4.69, 9.17) is 0 Å². The zero-order chi connectivity index (χ0) is 20.9. The second-order valence-electron chi connectivity index (χ2n) is 5.20. The average Bonchev–Trinajstić information content (AvgIpc) is 2.62. The molecule has 0 unspecified atom stereocenters. The summed E-state index contributed by atoms with van der Waals surface area (Å²) in [4.78, 5) is 0. The van der Waals surface area contributed by atoms with Gasteiger partial charge in [-0.15, -0.1) is 0 Å². The summed E-state index contributed by atoms with van der Waals surface area (Å²) in [5.41, 5.74) is 2.55. The fourth-order valence-electron chi connectivity index (χ4n) is 1.79. The first kappa shape index (κ1) is 22.8. The van der Waals surface area contributed by atoms with Gasteiger partial charge in [-0.25, -0.2) is 0 Å². The second-order valence-corrected chi connectivity index (χ2v) is 5.20. The van der Waals surface area contributed by atoms with Crippen molar-refractivity contribution in [3.63, 3.8) is 0 Å². The van der Waals surface area contributed by atoms with Crippen LogP contribution in [0.15, 0.2) is 60.7 Å². The molecule has 1 N–H and O–H groups in total. The molecule has 0 aliphatic heterocycles. The first-order chi connectivity index (χ1) is 12.3. The Morgan fingerprint density at radius 3 is 1.15 bits per heavy atom. The van der Waals surface area contributed by atoms with Crippen LogP contribution in [0.5, 0.6) is 0 Å². The van der Waals surface area contributed by atoms with Gasteiger partial charge in [-0.1, -0.05) is 60.7 Å². The molecule has 27 heavy (non-hydrogen) atoms. The van der Waals surface area contributed by atoms with Crippen LogP contribution in [0.4, 0.5) is 39.5 Å².